The number of hydrogen-bond acceptors (Lipinski definition) is 4. The molecule has 6 heteroatoms. The molecule has 3 aliphatic carbocycles. The molecule has 1 aromatic carbocycles. The summed E-state index contributed by atoms with van der Waals surface area (Å²) in [6.07, 6.45) is 18.3. The van der Waals surface area contributed by atoms with E-state index in [-0.39, 0.29) is 21.2 Å². The molecule has 2 heterocycles. The van der Waals surface area contributed by atoms with E-state index in [4.69, 9.17) is 5.10 Å². The van der Waals surface area contributed by atoms with E-state index in [2.05, 4.69) is 31.2 Å². The van der Waals surface area contributed by atoms with Gasteiger partial charge in [-0.05, 0) is 109 Å². The molecule has 2 fully saturated rings. The number of nitrogens with zero attached hydrogens (tertiary/aromatic N) is 2. The first-order chi connectivity index (χ1) is 17.0. The predicted octanol–water partition coefficient (Wildman–Crippen LogP) is 6.96. The maximum absolute atomic E-state index is 13.5. The van der Waals surface area contributed by atoms with Gasteiger partial charge in [0.2, 0.25) is 0 Å². The van der Waals surface area contributed by atoms with Crippen molar-refractivity contribution in [2.75, 3.05) is 11.5 Å². The average Bonchev–Trinajstić information content (AvgIpc) is 3.29. The summed E-state index contributed by atoms with van der Waals surface area (Å²) in [5.41, 5.74) is 5.86. The highest BCUT2D eigenvalue weighted by molar-refractivity contribution is 8.19. The van der Waals surface area contributed by atoms with Gasteiger partial charge in [0.15, 0.2) is 0 Å². The van der Waals surface area contributed by atoms with Crippen molar-refractivity contribution in [1.29, 1.82) is 0 Å². The highest BCUT2D eigenvalue weighted by atomic mass is 32.2. The molecule has 0 amide bonds. The quantitative estimate of drug-likeness (QED) is 0.484. The van der Waals surface area contributed by atoms with E-state index in [0.29, 0.717) is 0 Å². The third-order valence-electron chi connectivity index (χ3n) is 8.43. The Labute approximate surface area is 216 Å². The summed E-state index contributed by atoms with van der Waals surface area (Å²) < 4.78 is 15.2. The van der Waals surface area contributed by atoms with Crippen molar-refractivity contribution in [3.05, 3.63) is 76.9 Å². The zero-order valence-electron chi connectivity index (χ0n) is 20.3. The molecule has 1 saturated heterocycles. The SMILES string of the molecule is C[C@]12Cc3cnn(-c4ccc(F)cc4)c3C=C1CCC[C@@H]2[C@@H](O)C1(C2=CCCC=C2)SCCCS1. The van der Waals surface area contributed by atoms with Crippen molar-refractivity contribution in [3.63, 3.8) is 0 Å². The van der Waals surface area contributed by atoms with Crippen LogP contribution in [0.4, 0.5) is 4.39 Å². The van der Waals surface area contributed by atoms with Crippen LogP contribution in [0, 0.1) is 17.2 Å². The van der Waals surface area contributed by atoms with Crippen LogP contribution in [0.3, 0.4) is 0 Å². The molecule has 0 radical (unpaired) electrons. The molecule has 6 rings (SSSR count). The fraction of sp³-hybridized carbons (Fsp3) is 0.483. The van der Waals surface area contributed by atoms with E-state index in [1.807, 2.05) is 34.4 Å². The van der Waals surface area contributed by atoms with Crippen molar-refractivity contribution in [2.45, 2.75) is 62.1 Å². The molecule has 184 valence electrons. The molecule has 0 spiro atoms. The summed E-state index contributed by atoms with van der Waals surface area (Å²) in [5.74, 6) is 2.17. The van der Waals surface area contributed by atoms with E-state index < -0.39 is 6.10 Å². The molecule has 3 atom stereocenters. The molecular formula is C29H33FN2OS2. The smallest absolute Gasteiger partial charge is 0.123 e. The Balaban J connectivity index is 1.37. The summed E-state index contributed by atoms with van der Waals surface area (Å²) in [7, 11) is 0. The fourth-order valence-electron chi connectivity index (χ4n) is 6.57. The number of aliphatic hydroxyl groups excluding tert-OH is 1. The Morgan fingerprint density at radius 1 is 1.14 bits per heavy atom. The Bertz CT molecular complexity index is 1190. The van der Waals surface area contributed by atoms with Crippen LogP contribution >= 0.6 is 23.5 Å². The lowest BCUT2D eigenvalue weighted by atomic mass is 9.57. The Hall–Kier alpha value is -1.76. The minimum absolute atomic E-state index is 0.0914. The highest BCUT2D eigenvalue weighted by Gasteiger charge is 2.54. The van der Waals surface area contributed by atoms with Crippen LogP contribution in [0.2, 0.25) is 0 Å². The fourth-order valence-corrected chi connectivity index (χ4v) is 10.1. The summed E-state index contributed by atoms with van der Waals surface area (Å²) in [5, 5.41) is 17.0. The second kappa shape index (κ2) is 9.28. The number of aliphatic hydroxyl groups is 1. The maximum atomic E-state index is 13.5. The van der Waals surface area contributed by atoms with Crippen molar-refractivity contribution in [3.8, 4) is 5.69 Å². The first-order valence-electron chi connectivity index (χ1n) is 12.9. The highest BCUT2D eigenvalue weighted by Crippen LogP contribution is 2.59. The van der Waals surface area contributed by atoms with Gasteiger partial charge in [-0.1, -0.05) is 30.7 Å². The van der Waals surface area contributed by atoms with E-state index in [1.165, 1.54) is 35.3 Å². The van der Waals surface area contributed by atoms with Crippen molar-refractivity contribution in [2.24, 2.45) is 11.3 Å². The first-order valence-corrected chi connectivity index (χ1v) is 14.9. The van der Waals surface area contributed by atoms with Gasteiger partial charge in [0, 0.05) is 0 Å². The zero-order chi connectivity index (χ0) is 24.0. The lowest BCUT2D eigenvalue weighted by Gasteiger charge is -2.53. The Morgan fingerprint density at radius 3 is 2.69 bits per heavy atom. The molecule has 0 unspecified atom stereocenters. The van der Waals surface area contributed by atoms with Crippen molar-refractivity contribution >= 4 is 29.6 Å². The normalized spacial score (nSPS) is 28.5. The largest absolute Gasteiger partial charge is 0.390 e. The number of benzene rings is 1. The zero-order valence-corrected chi connectivity index (χ0v) is 21.9. The molecule has 1 aromatic heterocycles. The minimum Gasteiger partial charge on any atom is -0.390 e. The van der Waals surface area contributed by atoms with E-state index in [1.54, 1.807) is 12.1 Å². The predicted molar refractivity (Wildman–Crippen MR) is 145 cm³/mol. The van der Waals surface area contributed by atoms with Gasteiger partial charge in [-0.3, -0.25) is 0 Å². The van der Waals surface area contributed by atoms with Crippen LogP contribution in [-0.2, 0) is 6.42 Å². The maximum Gasteiger partial charge on any atom is 0.123 e. The minimum atomic E-state index is -0.408. The van der Waals surface area contributed by atoms with Crippen molar-refractivity contribution < 1.29 is 9.50 Å². The van der Waals surface area contributed by atoms with Gasteiger partial charge >= 0.3 is 0 Å². The number of allylic oxidation sites excluding steroid dienone is 4. The number of thioether (sulfide) groups is 2. The summed E-state index contributed by atoms with van der Waals surface area (Å²) in [6, 6.07) is 6.55. The number of fused-ring (bicyclic) bond motifs is 2. The van der Waals surface area contributed by atoms with Gasteiger partial charge in [0.05, 0.1) is 23.7 Å². The van der Waals surface area contributed by atoms with Crippen LogP contribution in [0.25, 0.3) is 11.8 Å². The van der Waals surface area contributed by atoms with Gasteiger partial charge in [-0.15, -0.1) is 23.5 Å². The molecule has 4 aliphatic rings. The van der Waals surface area contributed by atoms with Gasteiger partial charge in [-0.25, -0.2) is 9.07 Å². The van der Waals surface area contributed by atoms with E-state index in [9.17, 15) is 9.50 Å². The van der Waals surface area contributed by atoms with Gasteiger partial charge in [0.25, 0.3) is 0 Å². The lowest BCUT2D eigenvalue weighted by molar-refractivity contribution is 0.0215. The molecule has 1 aliphatic heterocycles. The Morgan fingerprint density at radius 2 is 1.94 bits per heavy atom. The van der Waals surface area contributed by atoms with Gasteiger partial charge < -0.3 is 5.11 Å². The van der Waals surface area contributed by atoms with E-state index in [0.717, 1.165) is 61.4 Å². The summed E-state index contributed by atoms with van der Waals surface area (Å²) in [6.45, 7) is 2.38. The third-order valence-corrected chi connectivity index (χ3v) is 11.9. The number of aromatic nitrogens is 2. The van der Waals surface area contributed by atoms with Crippen LogP contribution < -0.4 is 0 Å². The van der Waals surface area contributed by atoms with Crippen molar-refractivity contribution in [1.82, 2.24) is 9.78 Å². The summed E-state index contributed by atoms with van der Waals surface area (Å²) >= 11 is 3.94. The second-order valence-corrected chi connectivity index (χ2v) is 13.4. The number of rotatable bonds is 4. The second-order valence-electron chi connectivity index (χ2n) is 10.5. The molecule has 35 heavy (non-hydrogen) atoms. The summed E-state index contributed by atoms with van der Waals surface area (Å²) in [4.78, 5) is 0. The topological polar surface area (TPSA) is 38.0 Å². The molecule has 0 bridgehead atoms. The molecule has 2 aromatic rings. The van der Waals surface area contributed by atoms with Crippen LogP contribution in [0.1, 0.15) is 56.7 Å². The molecule has 1 N–H and O–H groups in total. The third kappa shape index (κ3) is 3.96. The lowest BCUT2D eigenvalue weighted by Crippen LogP contribution is -2.52. The monoisotopic (exact) mass is 508 g/mol. The molecule has 1 saturated carbocycles. The molecule has 3 nitrogen and oxygen atoms in total. The average molecular weight is 509 g/mol. The van der Waals surface area contributed by atoms with Gasteiger partial charge in [0.1, 0.15) is 9.90 Å². The van der Waals surface area contributed by atoms with Crippen LogP contribution in [0.5, 0.6) is 0 Å². The van der Waals surface area contributed by atoms with E-state index >= 15 is 0 Å². The number of hydrogen-bond donors (Lipinski definition) is 1. The number of halogens is 1. The standard InChI is InChI=1S/C29H33FN2OS2/c1-28-18-20-19-31-32(24-13-11-23(30)12-14-24)26(20)17-22(28)9-5-10-25(28)27(33)29(34-15-6-16-35-29)21-7-3-2-4-8-21/h3,7-8,11-14,17,19,25,27,33H,2,4-6,9-10,15-16,18H2,1H3/t25-,27-,28+/m1/s1. The van der Waals surface area contributed by atoms with Gasteiger partial charge in [-0.2, -0.15) is 5.10 Å². The Kier molecular flexibility index (Phi) is 6.26. The van der Waals surface area contributed by atoms with Crippen LogP contribution in [-0.4, -0.2) is 36.6 Å². The molecular weight excluding hydrogens is 475 g/mol. The first kappa shape index (κ1) is 23.6. The van der Waals surface area contributed by atoms with Crippen LogP contribution in [0.15, 0.2) is 59.8 Å².